The van der Waals surface area contributed by atoms with Gasteiger partial charge in [-0.3, -0.25) is 14.8 Å². The number of carbonyl (C=O) groups is 1. The summed E-state index contributed by atoms with van der Waals surface area (Å²) in [6.45, 7) is 7.38. The number of nitrogens with one attached hydrogen (secondary N) is 2. The number of hydrogen-bond acceptors (Lipinski definition) is 4. The lowest BCUT2D eigenvalue weighted by atomic mass is 10.1. The lowest BCUT2D eigenvalue weighted by Gasteiger charge is -2.29. The molecule has 2 N–H and O–H groups in total. The molecule has 1 aromatic heterocycles. The van der Waals surface area contributed by atoms with E-state index >= 15 is 0 Å². The van der Waals surface area contributed by atoms with E-state index in [9.17, 15) is 4.79 Å². The summed E-state index contributed by atoms with van der Waals surface area (Å²) in [6.07, 6.45) is 3.45. The number of fused-ring (bicyclic) bond motifs is 1. The third kappa shape index (κ3) is 3.33. The molecule has 1 aromatic carbocycles. The van der Waals surface area contributed by atoms with Gasteiger partial charge in [0.05, 0.1) is 23.6 Å². The van der Waals surface area contributed by atoms with Gasteiger partial charge in [-0.15, -0.1) is 0 Å². The van der Waals surface area contributed by atoms with Crippen molar-refractivity contribution in [2.45, 2.75) is 39.2 Å². The van der Waals surface area contributed by atoms with E-state index in [1.165, 1.54) is 11.3 Å². The maximum absolute atomic E-state index is 12.5. The van der Waals surface area contributed by atoms with Crippen LogP contribution in [0, 0.1) is 13.8 Å². The lowest BCUT2D eigenvalue weighted by Crippen LogP contribution is -2.43. The topological polar surface area (TPSA) is 64.3 Å². The number of carbonyl (C=O) groups excluding carboxylic acids is 1. The molecule has 1 saturated heterocycles. The van der Waals surface area contributed by atoms with Crippen molar-refractivity contribution in [2.75, 3.05) is 36.4 Å². The van der Waals surface area contributed by atoms with E-state index in [0.717, 1.165) is 56.0 Å². The van der Waals surface area contributed by atoms with Crippen molar-refractivity contribution in [1.82, 2.24) is 15.1 Å². The van der Waals surface area contributed by atoms with E-state index in [4.69, 9.17) is 0 Å². The Labute approximate surface area is 154 Å². The van der Waals surface area contributed by atoms with Gasteiger partial charge >= 0.3 is 0 Å². The van der Waals surface area contributed by atoms with Crippen molar-refractivity contribution in [3.05, 3.63) is 41.2 Å². The van der Waals surface area contributed by atoms with Gasteiger partial charge in [-0.05, 0) is 51.3 Å². The molecule has 6 heteroatoms. The van der Waals surface area contributed by atoms with Gasteiger partial charge in [0, 0.05) is 24.8 Å². The van der Waals surface area contributed by atoms with Gasteiger partial charge in [-0.25, -0.2) is 0 Å². The molecule has 0 radical (unpaired) electrons. The molecule has 0 aliphatic carbocycles. The number of aromatic amines is 1. The third-order valence-corrected chi connectivity index (χ3v) is 5.65. The van der Waals surface area contributed by atoms with Gasteiger partial charge in [0.15, 0.2) is 0 Å². The number of rotatable bonds is 5. The van der Waals surface area contributed by atoms with Gasteiger partial charge in [-0.1, -0.05) is 18.2 Å². The fourth-order valence-corrected chi connectivity index (χ4v) is 4.26. The quantitative estimate of drug-likeness (QED) is 0.867. The predicted molar refractivity (Wildman–Crippen MR) is 104 cm³/mol. The number of hydrogen-bond donors (Lipinski definition) is 2. The number of H-pyrrole nitrogens is 1. The van der Waals surface area contributed by atoms with Gasteiger partial charge in [0.1, 0.15) is 0 Å². The minimum Gasteiger partial charge on any atom is -0.369 e. The summed E-state index contributed by atoms with van der Waals surface area (Å²) in [5.41, 5.74) is 5.37. The normalized spacial score (nSPS) is 19.8. The van der Waals surface area contributed by atoms with Crippen LogP contribution in [0.2, 0.25) is 0 Å². The molecule has 1 amide bonds. The first-order chi connectivity index (χ1) is 12.6. The average molecular weight is 353 g/mol. The van der Waals surface area contributed by atoms with Crippen LogP contribution in [0.25, 0.3) is 0 Å². The molecule has 4 rings (SSSR count). The van der Waals surface area contributed by atoms with Crippen molar-refractivity contribution in [1.29, 1.82) is 0 Å². The third-order valence-electron chi connectivity index (χ3n) is 5.65. The van der Waals surface area contributed by atoms with Crippen LogP contribution in [0.1, 0.15) is 29.8 Å². The van der Waals surface area contributed by atoms with Crippen LogP contribution in [0.5, 0.6) is 0 Å². The predicted octanol–water partition coefficient (Wildman–Crippen LogP) is 2.49. The maximum Gasteiger partial charge on any atom is 0.238 e. The van der Waals surface area contributed by atoms with Gasteiger partial charge < -0.3 is 10.2 Å². The second kappa shape index (κ2) is 7.11. The highest BCUT2D eigenvalue weighted by Crippen LogP contribution is 2.29. The minimum atomic E-state index is 0.0475. The molecule has 0 saturated carbocycles. The molecule has 2 aliphatic heterocycles. The van der Waals surface area contributed by atoms with Crippen LogP contribution in [0.4, 0.5) is 11.4 Å². The summed E-state index contributed by atoms with van der Waals surface area (Å²) < 4.78 is 0. The standard InChI is InChI=1S/C20H27N5O/c1-14-20(15(2)23-22-14)21-19(26)13-24-10-5-7-17(24)12-25-11-9-16-6-3-4-8-18(16)25/h3-4,6,8,17H,5,7,9-13H2,1-2H3,(H,21,26)(H,22,23). The van der Waals surface area contributed by atoms with Gasteiger partial charge in [-0.2, -0.15) is 5.10 Å². The number of nitrogens with zero attached hydrogens (tertiary/aromatic N) is 3. The number of para-hydroxylation sites is 1. The number of likely N-dealkylation sites (tertiary alicyclic amines) is 1. The fraction of sp³-hybridized carbons (Fsp3) is 0.500. The smallest absolute Gasteiger partial charge is 0.238 e. The Balaban J connectivity index is 1.37. The number of anilines is 2. The van der Waals surface area contributed by atoms with Crippen LogP contribution >= 0.6 is 0 Å². The van der Waals surface area contributed by atoms with Crippen LogP contribution < -0.4 is 10.2 Å². The Morgan fingerprint density at radius 2 is 2.15 bits per heavy atom. The molecule has 3 heterocycles. The summed E-state index contributed by atoms with van der Waals surface area (Å²) in [5.74, 6) is 0.0475. The first-order valence-electron chi connectivity index (χ1n) is 9.50. The Morgan fingerprint density at radius 1 is 1.31 bits per heavy atom. The fourth-order valence-electron chi connectivity index (χ4n) is 4.26. The second-order valence-corrected chi connectivity index (χ2v) is 7.45. The molecule has 0 bridgehead atoms. The van der Waals surface area contributed by atoms with E-state index < -0.39 is 0 Å². The van der Waals surface area contributed by atoms with Crippen molar-refractivity contribution < 1.29 is 4.79 Å². The first kappa shape index (κ1) is 17.1. The van der Waals surface area contributed by atoms with Crippen molar-refractivity contribution >= 4 is 17.3 Å². The SMILES string of the molecule is Cc1n[nH]c(C)c1NC(=O)CN1CCCC1CN1CCc2ccccc21. The molecule has 6 nitrogen and oxygen atoms in total. The number of aromatic nitrogens is 2. The number of benzene rings is 1. The van der Waals surface area contributed by atoms with Crippen LogP contribution in [0.3, 0.4) is 0 Å². The highest BCUT2D eigenvalue weighted by atomic mass is 16.2. The molecule has 0 spiro atoms. The monoisotopic (exact) mass is 353 g/mol. The summed E-state index contributed by atoms with van der Waals surface area (Å²) in [7, 11) is 0. The zero-order valence-electron chi connectivity index (χ0n) is 15.6. The largest absolute Gasteiger partial charge is 0.369 e. The molecule has 26 heavy (non-hydrogen) atoms. The zero-order valence-corrected chi connectivity index (χ0v) is 15.6. The van der Waals surface area contributed by atoms with Crippen LogP contribution in [-0.2, 0) is 11.2 Å². The summed E-state index contributed by atoms with van der Waals surface area (Å²) >= 11 is 0. The van der Waals surface area contributed by atoms with E-state index in [2.05, 4.69) is 49.6 Å². The molecular formula is C20H27N5O. The lowest BCUT2D eigenvalue weighted by molar-refractivity contribution is -0.117. The Morgan fingerprint density at radius 3 is 2.96 bits per heavy atom. The van der Waals surface area contributed by atoms with Crippen molar-refractivity contribution in [2.24, 2.45) is 0 Å². The Bertz CT molecular complexity index is 780. The number of aryl methyl sites for hydroxylation is 2. The summed E-state index contributed by atoms with van der Waals surface area (Å²) in [6, 6.07) is 9.13. The first-order valence-corrected chi connectivity index (χ1v) is 9.50. The zero-order chi connectivity index (χ0) is 18.1. The highest BCUT2D eigenvalue weighted by Gasteiger charge is 2.30. The molecule has 1 fully saturated rings. The highest BCUT2D eigenvalue weighted by molar-refractivity contribution is 5.93. The molecule has 138 valence electrons. The summed E-state index contributed by atoms with van der Waals surface area (Å²) in [4.78, 5) is 17.4. The van der Waals surface area contributed by atoms with Crippen molar-refractivity contribution in [3.63, 3.8) is 0 Å². The Kier molecular flexibility index (Phi) is 4.68. The number of amides is 1. The Hall–Kier alpha value is -2.34. The average Bonchev–Trinajstić information content (AvgIpc) is 3.32. The van der Waals surface area contributed by atoms with Crippen molar-refractivity contribution in [3.8, 4) is 0 Å². The van der Waals surface area contributed by atoms with Crippen LogP contribution in [-0.4, -0.2) is 53.2 Å². The molecule has 1 atom stereocenters. The van der Waals surface area contributed by atoms with E-state index in [1.54, 1.807) is 0 Å². The molecule has 2 aliphatic rings. The van der Waals surface area contributed by atoms with E-state index in [0.29, 0.717) is 12.6 Å². The molecular weight excluding hydrogens is 326 g/mol. The molecule has 2 aromatic rings. The van der Waals surface area contributed by atoms with Gasteiger partial charge in [0.2, 0.25) is 5.91 Å². The van der Waals surface area contributed by atoms with Gasteiger partial charge in [0.25, 0.3) is 0 Å². The second-order valence-electron chi connectivity index (χ2n) is 7.45. The molecule has 1 unspecified atom stereocenters. The van der Waals surface area contributed by atoms with E-state index in [-0.39, 0.29) is 5.91 Å². The maximum atomic E-state index is 12.5. The minimum absolute atomic E-state index is 0.0475. The van der Waals surface area contributed by atoms with Crippen LogP contribution in [0.15, 0.2) is 24.3 Å². The summed E-state index contributed by atoms with van der Waals surface area (Å²) in [5, 5.41) is 10.1. The van der Waals surface area contributed by atoms with E-state index in [1.807, 2.05) is 13.8 Å².